The molecule has 1 aliphatic rings. The normalized spacial score (nSPS) is 16.6. The molecule has 0 radical (unpaired) electrons. The predicted molar refractivity (Wildman–Crippen MR) is 88.6 cm³/mol. The van der Waals surface area contributed by atoms with Crippen molar-refractivity contribution < 1.29 is 14.3 Å². The second-order valence-corrected chi connectivity index (χ2v) is 5.70. The lowest BCUT2D eigenvalue weighted by molar-refractivity contribution is -0.0380. The molecule has 1 aliphatic heterocycles. The van der Waals surface area contributed by atoms with Crippen molar-refractivity contribution in [3.8, 4) is 5.75 Å². The molecule has 0 amide bonds. The van der Waals surface area contributed by atoms with Gasteiger partial charge < -0.3 is 14.8 Å². The Balaban J connectivity index is 1.91. The summed E-state index contributed by atoms with van der Waals surface area (Å²) in [6.45, 7) is 1.65. The van der Waals surface area contributed by atoms with E-state index in [0.717, 1.165) is 31.5 Å². The van der Waals surface area contributed by atoms with Crippen LogP contribution >= 0.6 is 0 Å². The van der Waals surface area contributed by atoms with Gasteiger partial charge in [0.1, 0.15) is 16.9 Å². The Morgan fingerprint density at radius 3 is 2.35 bits per heavy atom. The van der Waals surface area contributed by atoms with E-state index in [4.69, 9.17) is 9.47 Å². The Hall–Kier alpha value is -2.33. The molecule has 0 spiro atoms. The zero-order valence-electron chi connectivity index (χ0n) is 13.2. The van der Waals surface area contributed by atoms with E-state index < -0.39 is 5.60 Å². The molecule has 0 atom stereocenters. The lowest BCUT2D eigenvalue weighted by atomic mass is 9.84. The third-order valence-corrected chi connectivity index (χ3v) is 4.33. The van der Waals surface area contributed by atoms with Crippen molar-refractivity contribution in [2.45, 2.75) is 18.4 Å². The molecular formula is C19H21NO3. The summed E-state index contributed by atoms with van der Waals surface area (Å²) < 4.78 is 11.3. The number of ether oxygens (including phenoxy) is 2. The highest BCUT2D eigenvalue weighted by atomic mass is 16.6. The molecule has 0 bridgehead atoms. The number of methoxy groups -OCH3 is 1. The van der Waals surface area contributed by atoms with Crippen molar-refractivity contribution in [3.63, 3.8) is 0 Å². The van der Waals surface area contributed by atoms with Crippen LogP contribution in [0.15, 0.2) is 54.6 Å². The number of para-hydroxylation sites is 1. The second kappa shape index (κ2) is 6.84. The fourth-order valence-electron chi connectivity index (χ4n) is 3.07. The fraction of sp³-hybridized carbons (Fsp3) is 0.316. The molecule has 0 unspecified atom stereocenters. The maximum Gasteiger partial charge on any atom is 0.342 e. The minimum atomic E-state index is -0.579. The predicted octanol–water partition coefficient (Wildman–Crippen LogP) is 3.13. The summed E-state index contributed by atoms with van der Waals surface area (Å²) >= 11 is 0. The Morgan fingerprint density at radius 1 is 1.00 bits per heavy atom. The zero-order chi connectivity index (χ0) is 16.1. The monoisotopic (exact) mass is 311 g/mol. The number of hydrogen-bond donors (Lipinski definition) is 1. The van der Waals surface area contributed by atoms with Gasteiger partial charge in [-0.3, -0.25) is 0 Å². The number of rotatable bonds is 4. The van der Waals surface area contributed by atoms with E-state index >= 15 is 0 Å². The van der Waals surface area contributed by atoms with Crippen LogP contribution < -0.4 is 10.1 Å². The van der Waals surface area contributed by atoms with E-state index in [1.807, 2.05) is 42.5 Å². The first-order valence-corrected chi connectivity index (χ1v) is 7.88. The summed E-state index contributed by atoms with van der Waals surface area (Å²) in [5.74, 6) is 0.197. The standard InChI is InChI=1S/C19H21NO3/c1-22-17-10-6-5-9-16(17)18(21)23-19(11-13-20-14-12-19)15-7-3-2-4-8-15/h2-10,20H,11-14H2,1H3. The zero-order valence-corrected chi connectivity index (χ0v) is 13.2. The van der Waals surface area contributed by atoms with Gasteiger partial charge in [0.25, 0.3) is 0 Å². The van der Waals surface area contributed by atoms with Crippen molar-refractivity contribution >= 4 is 5.97 Å². The van der Waals surface area contributed by atoms with Crippen molar-refractivity contribution in [1.82, 2.24) is 5.32 Å². The summed E-state index contributed by atoms with van der Waals surface area (Å²) in [5.41, 5.74) is 0.929. The van der Waals surface area contributed by atoms with Crippen LogP contribution in [0.25, 0.3) is 0 Å². The molecule has 120 valence electrons. The van der Waals surface area contributed by atoms with Crippen molar-refractivity contribution in [2.75, 3.05) is 20.2 Å². The van der Waals surface area contributed by atoms with Gasteiger partial charge in [0, 0.05) is 12.8 Å². The maximum absolute atomic E-state index is 12.7. The van der Waals surface area contributed by atoms with E-state index in [2.05, 4.69) is 5.32 Å². The highest BCUT2D eigenvalue weighted by Gasteiger charge is 2.38. The number of carbonyl (C=O) groups is 1. The van der Waals surface area contributed by atoms with Gasteiger partial charge in [0.2, 0.25) is 0 Å². The second-order valence-electron chi connectivity index (χ2n) is 5.70. The summed E-state index contributed by atoms with van der Waals surface area (Å²) in [5, 5.41) is 3.33. The largest absolute Gasteiger partial charge is 0.496 e. The lowest BCUT2D eigenvalue weighted by Gasteiger charge is -2.37. The third kappa shape index (κ3) is 3.22. The SMILES string of the molecule is COc1ccccc1C(=O)OC1(c2ccccc2)CCNCC1. The maximum atomic E-state index is 12.7. The fourth-order valence-corrected chi connectivity index (χ4v) is 3.07. The molecular weight excluding hydrogens is 290 g/mol. The number of hydrogen-bond acceptors (Lipinski definition) is 4. The van der Waals surface area contributed by atoms with E-state index in [0.29, 0.717) is 11.3 Å². The molecule has 0 aromatic heterocycles. The molecule has 4 nitrogen and oxygen atoms in total. The molecule has 1 N–H and O–H groups in total. The van der Waals surface area contributed by atoms with Crippen molar-refractivity contribution in [2.24, 2.45) is 0 Å². The van der Waals surface area contributed by atoms with Gasteiger partial charge in [-0.1, -0.05) is 42.5 Å². The topological polar surface area (TPSA) is 47.6 Å². The van der Waals surface area contributed by atoms with Crippen LogP contribution in [0.4, 0.5) is 0 Å². The summed E-state index contributed by atoms with van der Waals surface area (Å²) in [7, 11) is 1.56. The van der Waals surface area contributed by atoms with Crippen LogP contribution in [-0.2, 0) is 10.3 Å². The van der Waals surface area contributed by atoms with Crippen LogP contribution in [0.5, 0.6) is 5.75 Å². The molecule has 4 heteroatoms. The Bertz CT molecular complexity index is 663. The molecule has 23 heavy (non-hydrogen) atoms. The van der Waals surface area contributed by atoms with Crippen LogP contribution in [0, 0.1) is 0 Å². The first-order chi connectivity index (χ1) is 11.2. The van der Waals surface area contributed by atoms with Gasteiger partial charge >= 0.3 is 5.97 Å². The number of esters is 1. The Morgan fingerprint density at radius 2 is 1.65 bits per heavy atom. The van der Waals surface area contributed by atoms with Gasteiger partial charge in [0.15, 0.2) is 0 Å². The third-order valence-electron chi connectivity index (χ3n) is 4.33. The number of piperidine rings is 1. The average molecular weight is 311 g/mol. The molecule has 2 aromatic carbocycles. The Labute approximate surface area is 136 Å². The highest BCUT2D eigenvalue weighted by Crippen LogP contribution is 2.36. The number of nitrogens with one attached hydrogen (secondary N) is 1. The van der Waals surface area contributed by atoms with E-state index in [1.165, 1.54) is 0 Å². The number of benzene rings is 2. The average Bonchev–Trinajstić information content (AvgIpc) is 2.63. The molecule has 3 rings (SSSR count). The minimum absolute atomic E-state index is 0.340. The lowest BCUT2D eigenvalue weighted by Crippen LogP contribution is -2.43. The van der Waals surface area contributed by atoms with Gasteiger partial charge in [-0.05, 0) is 30.8 Å². The van der Waals surface area contributed by atoms with E-state index in [9.17, 15) is 4.79 Å². The molecule has 1 heterocycles. The van der Waals surface area contributed by atoms with Gasteiger partial charge in [0.05, 0.1) is 7.11 Å². The molecule has 0 aliphatic carbocycles. The highest BCUT2D eigenvalue weighted by molar-refractivity contribution is 5.92. The molecule has 0 saturated carbocycles. The molecule has 1 fully saturated rings. The van der Waals surface area contributed by atoms with Gasteiger partial charge in [-0.15, -0.1) is 0 Å². The van der Waals surface area contributed by atoms with E-state index in [-0.39, 0.29) is 5.97 Å². The minimum Gasteiger partial charge on any atom is -0.496 e. The van der Waals surface area contributed by atoms with Crippen LogP contribution in [0.3, 0.4) is 0 Å². The quantitative estimate of drug-likeness (QED) is 0.881. The van der Waals surface area contributed by atoms with Crippen molar-refractivity contribution in [3.05, 3.63) is 65.7 Å². The molecule has 1 saturated heterocycles. The summed E-state index contributed by atoms with van der Waals surface area (Å²) in [4.78, 5) is 12.7. The molecule has 2 aromatic rings. The van der Waals surface area contributed by atoms with Crippen LogP contribution in [-0.4, -0.2) is 26.2 Å². The smallest absolute Gasteiger partial charge is 0.342 e. The van der Waals surface area contributed by atoms with Crippen molar-refractivity contribution in [1.29, 1.82) is 0 Å². The first kappa shape index (κ1) is 15.6. The van der Waals surface area contributed by atoms with Crippen LogP contribution in [0.2, 0.25) is 0 Å². The summed E-state index contributed by atoms with van der Waals surface area (Å²) in [6.07, 6.45) is 1.52. The Kier molecular flexibility index (Phi) is 4.63. The summed E-state index contributed by atoms with van der Waals surface area (Å²) in [6, 6.07) is 17.2. The van der Waals surface area contributed by atoms with Crippen LogP contribution in [0.1, 0.15) is 28.8 Å². The van der Waals surface area contributed by atoms with Gasteiger partial charge in [-0.2, -0.15) is 0 Å². The van der Waals surface area contributed by atoms with Gasteiger partial charge in [-0.25, -0.2) is 4.79 Å². The first-order valence-electron chi connectivity index (χ1n) is 7.88. The number of carbonyl (C=O) groups excluding carboxylic acids is 1. The van der Waals surface area contributed by atoms with E-state index in [1.54, 1.807) is 19.2 Å².